The molecule has 0 aromatic heterocycles. The monoisotopic (exact) mass is 243 g/mol. The number of allylic oxidation sites excluding steroid dienone is 2. The van der Waals surface area contributed by atoms with Crippen molar-refractivity contribution in [2.75, 3.05) is 0 Å². The Labute approximate surface area is 104 Å². The van der Waals surface area contributed by atoms with Gasteiger partial charge in [-0.3, -0.25) is 9.59 Å². The largest absolute Gasteiger partial charge is 0.504 e. The first kappa shape index (κ1) is 12.2. The minimum absolute atomic E-state index is 0.0165. The molecule has 0 atom stereocenters. The quantitative estimate of drug-likeness (QED) is 0.801. The number of carbonyl (C=O) groups excluding carboxylic acids is 2. The average molecular weight is 243 g/mol. The number of benzene rings is 1. The minimum Gasteiger partial charge on any atom is -0.504 e. The molecule has 0 unspecified atom stereocenters. The lowest BCUT2D eigenvalue weighted by Gasteiger charge is -2.17. The van der Waals surface area contributed by atoms with Crippen LogP contribution in [0.4, 0.5) is 0 Å². The Balaban J connectivity index is 2.57. The van der Waals surface area contributed by atoms with Crippen LogP contribution < -0.4 is 0 Å². The molecule has 2 rings (SSSR count). The summed E-state index contributed by atoms with van der Waals surface area (Å²) in [7, 11) is 0. The van der Waals surface area contributed by atoms with E-state index < -0.39 is 17.3 Å². The van der Waals surface area contributed by atoms with Crippen molar-refractivity contribution in [1.29, 1.82) is 5.41 Å². The van der Waals surface area contributed by atoms with Crippen LogP contribution in [-0.4, -0.2) is 22.4 Å². The van der Waals surface area contributed by atoms with Crippen LogP contribution in [-0.2, 0) is 0 Å². The van der Waals surface area contributed by atoms with Crippen LogP contribution in [0.3, 0.4) is 0 Å². The summed E-state index contributed by atoms with van der Waals surface area (Å²) in [5.41, 5.74) is 0.326. The van der Waals surface area contributed by atoms with Gasteiger partial charge >= 0.3 is 0 Å². The summed E-state index contributed by atoms with van der Waals surface area (Å²) in [5.74, 6) is -1.63. The Bertz CT molecular complexity index is 584. The zero-order chi connectivity index (χ0) is 13.3. The summed E-state index contributed by atoms with van der Waals surface area (Å²) in [6, 6.07) is 6.35. The number of carbonyl (C=O) groups is 2. The van der Waals surface area contributed by atoms with E-state index in [9.17, 15) is 14.7 Å². The molecule has 2 N–H and O–H groups in total. The lowest BCUT2D eigenvalue weighted by molar-refractivity contribution is 0.0934. The Morgan fingerprint density at radius 1 is 1.17 bits per heavy atom. The van der Waals surface area contributed by atoms with Gasteiger partial charge in [-0.2, -0.15) is 0 Å². The highest BCUT2D eigenvalue weighted by molar-refractivity contribution is 6.36. The average Bonchev–Trinajstić information content (AvgIpc) is 2.37. The van der Waals surface area contributed by atoms with Crippen molar-refractivity contribution < 1.29 is 14.7 Å². The number of rotatable bonds is 3. The van der Waals surface area contributed by atoms with Crippen molar-refractivity contribution in [1.82, 2.24) is 0 Å². The van der Waals surface area contributed by atoms with Gasteiger partial charge < -0.3 is 10.5 Å². The third kappa shape index (κ3) is 1.76. The van der Waals surface area contributed by atoms with E-state index in [2.05, 4.69) is 0 Å². The van der Waals surface area contributed by atoms with E-state index in [-0.39, 0.29) is 22.4 Å². The molecule has 0 bridgehead atoms. The van der Waals surface area contributed by atoms with E-state index in [4.69, 9.17) is 5.41 Å². The molecule has 1 aromatic rings. The van der Waals surface area contributed by atoms with Crippen molar-refractivity contribution in [3.8, 4) is 0 Å². The lowest BCUT2D eigenvalue weighted by atomic mass is 9.85. The minimum atomic E-state index is -0.600. The summed E-state index contributed by atoms with van der Waals surface area (Å²) >= 11 is 0. The van der Waals surface area contributed by atoms with Gasteiger partial charge in [0.1, 0.15) is 0 Å². The standard InChI is InChI=1S/C14H13NO3/c1-2-5-10(15)11-12(16)8-6-3-4-7-9(8)13(17)14(11)18/h3-4,6-7,15,18H,2,5H2,1H3. The zero-order valence-electron chi connectivity index (χ0n) is 9.99. The number of Topliss-reactive ketones (excluding diaryl/α,β-unsaturated/α-hetero) is 2. The highest BCUT2D eigenvalue weighted by Crippen LogP contribution is 2.26. The molecule has 0 aliphatic heterocycles. The van der Waals surface area contributed by atoms with E-state index in [1.165, 1.54) is 6.07 Å². The van der Waals surface area contributed by atoms with Crippen LogP contribution in [0.2, 0.25) is 0 Å². The first-order valence-electron chi connectivity index (χ1n) is 5.77. The zero-order valence-corrected chi connectivity index (χ0v) is 9.99. The van der Waals surface area contributed by atoms with Gasteiger partial charge in [-0.15, -0.1) is 0 Å². The summed E-state index contributed by atoms with van der Waals surface area (Å²) in [4.78, 5) is 24.1. The predicted molar refractivity (Wildman–Crippen MR) is 67.4 cm³/mol. The van der Waals surface area contributed by atoms with E-state index in [1.807, 2.05) is 6.92 Å². The molecule has 1 aliphatic carbocycles. The SMILES string of the molecule is CCCC(=N)C1=C(O)C(=O)c2ccccc2C1=O. The van der Waals surface area contributed by atoms with Crippen molar-refractivity contribution in [2.45, 2.75) is 19.8 Å². The number of fused-ring (bicyclic) bond motifs is 1. The van der Waals surface area contributed by atoms with Crippen LogP contribution in [0, 0.1) is 5.41 Å². The predicted octanol–water partition coefficient (Wildman–Crippen LogP) is 2.70. The molecular formula is C14H13NO3. The third-order valence-corrected chi connectivity index (χ3v) is 2.90. The van der Waals surface area contributed by atoms with Gasteiger partial charge in [0, 0.05) is 16.8 Å². The highest BCUT2D eigenvalue weighted by Gasteiger charge is 2.33. The fraction of sp³-hybridized carbons (Fsp3) is 0.214. The fourth-order valence-electron chi connectivity index (χ4n) is 2.02. The maximum Gasteiger partial charge on any atom is 0.228 e. The lowest BCUT2D eigenvalue weighted by Crippen LogP contribution is -2.26. The molecule has 0 fully saturated rings. The molecule has 1 aromatic carbocycles. The van der Waals surface area contributed by atoms with Crippen molar-refractivity contribution in [2.24, 2.45) is 0 Å². The van der Waals surface area contributed by atoms with Gasteiger partial charge in [-0.05, 0) is 6.42 Å². The maximum absolute atomic E-state index is 12.2. The third-order valence-electron chi connectivity index (χ3n) is 2.90. The van der Waals surface area contributed by atoms with Crippen molar-refractivity contribution >= 4 is 17.3 Å². The first-order chi connectivity index (χ1) is 8.57. The van der Waals surface area contributed by atoms with E-state index in [0.717, 1.165) is 0 Å². The van der Waals surface area contributed by atoms with Crippen LogP contribution in [0.1, 0.15) is 40.5 Å². The van der Waals surface area contributed by atoms with Gasteiger partial charge in [0.15, 0.2) is 11.5 Å². The second-order valence-corrected chi connectivity index (χ2v) is 4.16. The van der Waals surface area contributed by atoms with Crippen molar-refractivity contribution in [3.63, 3.8) is 0 Å². The smallest absolute Gasteiger partial charge is 0.228 e. The Morgan fingerprint density at radius 2 is 1.72 bits per heavy atom. The Hall–Kier alpha value is -2.23. The molecular weight excluding hydrogens is 230 g/mol. The molecule has 1 aliphatic rings. The van der Waals surface area contributed by atoms with Crippen LogP contribution >= 0.6 is 0 Å². The molecule has 0 heterocycles. The number of hydrogen-bond donors (Lipinski definition) is 2. The molecule has 4 heteroatoms. The van der Waals surface area contributed by atoms with Crippen LogP contribution in [0.25, 0.3) is 0 Å². The van der Waals surface area contributed by atoms with Gasteiger partial charge in [0.25, 0.3) is 0 Å². The summed E-state index contributed by atoms with van der Waals surface area (Å²) < 4.78 is 0. The highest BCUT2D eigenvalue weighted by atomic mass is 16.3. The van der Waals surface area contributed by atoms with E-state index in [0.29, 0.717) is 12.8 Å². The van der Waals surface area contributed by atoms with Gasteiger partial charge in [0.05, 0.1) is 5.57 Å². The second-order valence-electron chi connectivity index (χ2n) is 4.16. The van der Waals surface area contributed by atoms with Crippen LogP contribution in [0.5, 0.6) is 0 Å². The number of hydrogen-bond acceptors (Lipinski definition) is 4. The Kier molecular flexibility index (Phi) is 3.10. The summed E-state index contributed by atoms with van der Waals surface area (Å²) in [5, 5.41) is 17.6. The first-order valence-corrected chi connectivity index (χ1v) is 5.77. The van der Waals surface area contributed by atoms with Crippen molar-refractivity contribution in [3.05, 3.63) is 46.7 Å². The number of ketones is 2. The molecule has 18 heavy (non-hydrogen) atoms. The molecule has 92 valence electrons. The van der Waals surface area contributed by atoms with E-state index in [1.54, 1.807) is 18.2 Å². The molecule has 0 saturated heterocycles. The topological polar surface area (TPSA) is 78.2 Å². The molecule has 0 spiro atoms. The summed E-state index contributed by atoms with van der Waals surface area (Å²) in [6.07, 6.45) is 1.04. The van der Waals surface area contributed by atoms with E-state index >= 15 is 0 Å². The normalized spacial score (nSPS) is 14.7. The van der Waals surface area contributed by atoms with Crippen LogP contribution in [0.15, 0.2) is 35.6 Å². The number of aliphatic hydroxyl groups is 1. The fourth-order valence-corrected chi connectivity index (χ4v) is 2.02. The molecule has 0 saturated carbocycles. The molecule has 0 amide bonds. The van der Waals surface area contributed by atoms with Gasteiger partial charge in [0.2, 0.25) is 5.78 Å². The van der Waals surface area contributed by atoms with Gasteiger partial charge in [-0.25, -0.2) is 0 Å². The Morgan fingerprint density at radius 3 is 2.28 bits per heavy atom. The molecule has 4 nitrogen and oxygen atoms in total. The number of aliphatic hydroxyl groups excluding tert-OH is 1. The number of nitrogens with one attached hydrogen (secondary N) is 1. The maximum atomic E-state index is 12.2. The molecule has 0 radical (unpaired) electrons. The van der Waals surface area contributed by atoms with Gasteiger partial charge in [-0.1, -0.05) is 37.6 Å². The summed E-state index contributed by atoms with van der Waals surface area (Å²) in [6.45, 7) is 1.87. The second kappa shape index (κ2) is 4.56.